The molecule has 0 saturated carbocycles. The Morgan fingerprint density at radius 1 is 1.10 bits per heavy atom. The Balaban J connectivity index is 1.65. The number of piperidine rings is 1. The molecule has 2 aromatic carbocycles. The van der Waals surface area contributed by atoms with Crippen molar-refractivity contribution < 1.29 is 28.5 Å². The molecule has 1 fully saturated rings. The lowest BCUT2D eigenvalue weighted by atomic mass is 9.92. The fourth-order valence-electron chi connectivity index (χ4n) is 6.41. The van der Waals surface area contributed by atoms with Crippen LogP contribution in [0.1, 0.15) is 76.8 Å². The van der Waals surface area contributed by atoms with Gasteiger partial charge in [0.25, 0.3) is 0 Å². The van der Waals surface area contributed by atoms with Crippen LogP contribution in [-0.4, -0.2) is 62.7 Å². The SMILES string of the molecule is C=CCOC1(C)CCN(c2c(C(OC(C)(C)C)C(=O)O)c(C)nc3cc(-c4cccc(-c5c(O[C@@H](C)CC=C)ccc(C)c5F)c4)nn23)CC1. The number of aryl methyl sites for hydroxylation is 2. The smallest absolute Gasteiger partial charge is 0.337 e. The molecular formula is C40H49FN4O5. The molecule has 1 unspecified atom stereocenters. The molecule has 3 heterocycles. The zero-order valence-electron chi connectivity index (χ0n) is 30.3. The van der Waals surface area contributed by atoms with Crippen LogP contribution in [-0.2, 0) is 14.3 Å². The first kappa shape index (κ1) is 36.7. The molecule has 0 radical (unpaired) electrons. The van der Waals surface area contributed by atoms with Crippen LogP contribution in [0.25, 0.3) is 28.0 Å². The third kappa shape index (κ3) is 7.92. The first-order chi connectivity index (χ1) is 23.6. The number of anilines is 1. The molecular weight excluding hydrogens is 635 g/mol. The van der Waals surface area contributed by atoms with Crippen LogP contribution in [0.5, 0.6) is 5.75 Å². The fraction of sp³-hybridized carbons (Fsp3) is 0.425. The van der Waals surface area contributed by atoms with Crippen molar-refractivity contribution in [2.75, 3.05) is 24.6 Å². The molecule has 1 saturated heterocycles. The van der Waals surface area contributed by atoms with E-state index in [1.165, 1.54) is 0 Å². The lowest BCUT2D eigenvalue weighted by Gasteiger charge is -2.41. The monoisotopic (exact) mass is 684 g/mol. The van der Waals surface area contributed by atoms with E-state index < -0.39 is 17.7 Å². The van der Waals surface area contributed by atoms with Gasteiger partial charge >= 0.3 is 5.97 Å². The van der Waals surface area contributed by atoms with E-state index in [0.29, 0.717) is 77.0 Å². The number of fused-ring (bicyclic) bond motifs is 1. The molecule has 0 amide bonds. The number of carboxylic acids is 1. The highest BCUT2D eigenvalue weighted by atomic mass is 19.1. The van der Waals surface area contributed by atoms with Gasteiger partial charge in [-0.1, -0.05) is 36.4 Å². The van der Waals surface area contributed by atoms with Gasteiger partial charge in [0.2, 0.25) is 0 Å². The van der Waals surface area contributed by atoms with E-state index in [4.69, 9.17) is 24.3 Å². The summed E-state index contributed by atoms with van der Waals surface area (Å²) in [5, 5.41) is 15.5. The minimum absolute atomic E-state index is 0.185. The van der Waals surface area contributed by atoms with E-state index in [1.54, 1.807) is 35.7 Å². The molecule has 5 rings (SSSR count). The van der Waals surface area contributed by atoms with Gasteiger partial charge in [0.1, 0.15) is 17.4 Å². The van der Waals surface area contributed by atoms with Gasteiger partial charge in [-0.05, 0) is 84.6 Å². The van der Waals surface area contributed by atoms with Crippen molar-refractivity contribution in [2.24, 2.45) is 0 Å². The number of halogens is 1. The average Bonchev–Trinajstić information content (AvgIpc) is 3.48. The van der Waals surface area contributed by atoms with Gasteiger partial charge < -0.3 is 24.2 Å². The number of nitrogens with zero attached hydrogens (tertiary/aromatic N) is 4. The summed E-state index contributed by atoms with van der Waals surface area (Å²) in [6.07, 6.45) is 4.11. The highest BCUT2D eigenvalue weighted by molar-refractivity contribution is 5.80. The largest absolute Gasteiger partial charge is 0.490 e. The number of rotatable bonds is 13. The molecule has 4 aromatic rings. The topological polar surface area (TPSA) is 98.4 Å². The normalized spacial score (nSPS) is 15.9. The quantitative estimate of drug-likeness (QED) is 0.140. The molecule has 0 spiro atoms. The molecule has 2 atom stereocenters. The van der Waals surface area contributed by atoms with E-state index >= 15 is 4.39 Å². The van der Waals surface area contributed by atoms with Gasteiger partial charge in [0.05, 0.1) is 40.7 Å². The summed E-state index contributed by atoms with van der Waals surface area (Å²) < 4.78 is 36.0. The Bertz CT molecular complexity index is 1890. The van der Waals surface area contributed by atoms with E-state index in [2.05, 4.69) is 25.0 Å². The summed E-state index contributed by atoms with van der Waals surface area (Å²) in [6, 6.07) is 12.9. The Kier molecular flexibility index (Phi) is 10.8. The summed E-state index contributed by atoms with van der Waals surface area (Å²) in [6.45, 7) is 22.3. The Labute approximate surface area is 294 Å². The number of carbonyl (C=O) groups is 1. The molecule has 10 heteroatoms. The van der Waals surface area contributed by atoms with Crippen molar-refractivity contribution in [3.05, 3.63) is 90.4 Å². The summed E-state index contributed by atoms with van der Waals surface area (Å²) in [5.74, 6) is -0.389. The maximum Gasteiger partial charge on any atom is 0.337 e. The fourth-order valence-corrected chi connectivity index (χ4v) is 6.41. The van der Waals surface area contributed by atoms with E-state index in [9.17, 15) is 9.90 Å². The number of carboxylic acid groups (broad SMARTS) is 1. The minimum atomic E-state index is -1.28. The van der Waals surface area contributed by atoms with Crippen molar-refractivity contribution in [2.45, 2.75) is 91.1 Å². The Morgan fingerprint density at radius 3 is 2.44 bits per heavy atom. The van der Waals surface area contributed by atoms with Gasteiger partial charge in [-0.2, -0.15) is 9.61 Å². The second-order valence-electron chi connectivity index (χ2n) is 14.3. The zero-order chi connectivity index (χ0) is 36.4. The maximum atomic E-state index is 15.8. The molecule has 1 aliphatic rings. The van der Waals surface area contributed by atoms with Crippen LogP contribution >= 0.6 is 0 Å². The lowest BCUT2D eigenvalue weighted by Crippen LogP contribution is -2.45. The second kappa shape index (κ2) is 14.7. The Hall–Kier alpha value is -4.54. The number of hydrogen-bond acceptors (Lipinski definition) is 7. The minimum Gasteiger partial charge on any atom is -0.490 e. The first-order valence-electron chi connectivity index (χ1n) is 17.1. The molecule has 2 aromatic heterocycles. The first-order valence-corrected chi connectivity index (χ1v) is 17.1. The van der Waals surface area contributed by atoms with Crippen LogP contribution in [0.2, 0.25) is 0 Å². The maximum absolute atomic E-state index is 15.8. The van der Waals surface area contributed by atoms with Crippen LogP contribution < -0.4 is 9.64 Å². The zero-order valence-corrected chi connectivity index (χ0v) is 30.3. The van der Waals surface area contributed by atoms with Gasteiger partial charge in [-0.15, -0.1) is 13.2 Å². The third-order valence-corrected chi connectivity index (χ3v) is 9.00. The van der Waals surface area contributed by atoms with Gasteiger partial charge in [0.15, 0.2) is 11.8 Å². The molecule has 1 N–H and O–H groups in total. The number of benzene rings is 2. The molecule has 266 valence electrons. The summed E-state index contributed by atoms with van der Waals surface area (Å²) in [7, 11) is 0. The Morgan fingerprint density at radius 2 is 1.80 bits per heavy atom. The van der Waals surface area contributed by atoms with Crippen molar-refractivity contribution in [1.29, 1.82) is 0 Å². The van der Waals surface area contributed by atoms with Crippen molar-refractivity contribution in [3.8, 4) is 28.1 Å². The number of aromatic nitrogens is 3. The van der Waals surface area contributed by atoms with E-state index in [1.807, 2.05) is 65.0 Å². The number of aliphatic carboxylic acids is 1. The molecule has 50 heavy (non-hydrogen) atoms. The van der Waals surface area contributed by atoms with E-state index in [-0.39, 0.29) is 17.5 Å². The van der Waals surface area contributed by atoms with Crippen molar-refractivity contribution in [3.63, 3.8) is 0 Å². The second-order valence-corrected chi connectivity index (χ2v) is 14.3. The van der Waals surface area contributed by atoms with Crippen molar-refractivity contribution in [1.82, 2.24) is 14.6 Å². The molecule has 0 aliphatic carbocycles. The van der Waals surface area contributed by atoms with Crippen LogP contribution in [0.4, 0.5) is 10.2 Å². The predicted octanol–water partition coefficient (Wildman–Crippen LogP) is 8.66. The van der Waals surface area contributed by atoms with E-state index in [0.717, 1.165) is 18.4 Å². The van der Waals surface area contributed by atoms with Crippen molar-refractivity contribution >= 4 is 17.4 Å². The molecule has 1 aliphatic heterocycles. The standard InChI is InChI=1S/C40H49FN4O5/c1-10-13-26(4)49-31-17-16-25(3)35(41)34(31)29-15-12-14-28(23-29)30-24-32-42-27(5)33(36(38(46)47)50-39(6,7)8)37(45(32)43-30)44-20-18-40(9,19-21-44)48-22-11-2/h10-12,14-17,23-24,26,36H,1-2,13,18-22H2,3-9H3,(H,46,47)/t26-,36?/m0/s1. The number of hydrogen-bond donors (Lipinski definition) is 1. The van der Waals surface area contributed by atoms with Gasteiger partial charge in [-0.25, -0.2) is 14.2 Å². The van der Waals surface area contributed by atoms with Crippen LogP contribution in [0.3, 0.4) is 0 Å². The summed E-state index contributed by atoms with van der Waals surface area (Å²) in [5.41, 5.74) is 3.35. The summed E-state index contributed by atoms with van der Waals surface area (Å²) in [4.78, 5) is 19.8. The summed E-state index contributed by atoms with van der Waals surface area (Å²) >= 11 is 0. The average molecular weight is 685 g/mol. The van der Waals surface area contributed by atoms with Crippen LogP contribution in [0.15, 0.2) is 67.8 Å². The van der Waals surface area contributed by atoms with Gasteiger partial charge in [-0.3, -0.25) is 0 Å². The predicted molar refractivity (Wildman–Crippen MR) is 195 cm³/mol. The van der Waals surface area contributed by atoms with Crippen LogP contribution in [0, 0.1) is 19.7 Å². The molecule has 9 nitrogen and oxygen atoms in total. The molecule has 0 bridgehead atoms. The highest BCUT2D eigenvalue weighted by Crippen LogP contribution is 2.40. The third-order valence-electron chi connectivity index (χ3n) is 9.00. The lowest BCUT2D eigenvalue weighted by molar-refractivity contribution is -0.160. The highest BCUT2D eigenvalue weighted by Gasteiger charge is 2.37. The van der Waals surface area contributed by atoms with Gasteiger partial charge in [0, 0.05) is 36.8 Å². The number of ether oxygens (including phenoxy) is 3.